The molecular formula is C13H22O2. The highest BCUT2D eigenvalue weighted by atomic mass is 16.2. The fourth-order valence-electron chi connectivity index (χ4n) is 0.842. The summed E-state index contributed by atoms with van der Waals surface area (Å²) in [5, 5.41) is 17.0. The van der Waals surface area contributed by atoms with Crippen molar-refractivity contribution in [3.63, 3.8) is 0 Å². The molecule has 0 amide bonds. The van der Waals surface area contributed by atoms with Gasteiger partial charge in [0.15, 0.2) is 0 Å². The van der Waals surface area contributed by atoms with Gasteiger partial charge in [0.2, 0.25) is 0 Å². The Morgan fingerprint density at radius 1 is 1.13 bits per heavy atom. The summed E-state index contributed by atoms with van der Waals surface area (Å²) in [5.41, 5.74) is 2.06. The van der Waals surface area contributed by atoms with Gasteiger partial charge in [0, 0.05) is 0 Å². The molecule has 0 aromatic heterocycles. The Morgan fingerprint density at radius 3 is 2.13 bits per heavy atom. The van der Waals surface area contributed by atoms with Gasteiger partial charge >= 0.3 is 0 Å². The van der Waals surface area contributed by atoms with Crippen LogP contribution in [-0.4, -0.2) is 10.2 Å². The lowest BCUT2D eigenvalue weighted by atomic mass is 10.1. The Kier molecular flexibility index (Phi) is 13.4. The van der Waals surface area contributed by atoms with Crippen LogP contribution < -0.4 is 0 Å². The lowest BCUT2D eigenvalue weighted by Crippen LogP contribution is -1.81. The first kappa shape index (κ1) is 16.0. The Morgan fingerprint density at radius 2 is 1.73 bits per heavy atom. The van der Waals surface area contributed by atoms with Gasteiger partial charge in [-0.25, -0.2) is 0 Å². The summed E-state index contributed by atoms with van der Waals surface area (Å²) in [6.45, 7) is 9.75. The quantitative estimate of drug-likeness (QED) is 0.400. The molecule has 0 aromatic carbocycles. The molecule has 15 heavy (non-hydrogen) atoms. The van der Waals surface area contributed by atoms with E-state index in [0.717, 1.165) is 36.5 Å². The third-order valence-corrected chi connectivity index (χ3v) is 1.53. The number of rotatable bonds is 5. The molecule has 0 aliphatic heterocycles. The molecule has 0 bridgehead atoms. The molecule has 2 heteroatoms. The van der Waals surface area contributed by atoms with Gasteiger partial charge in [0.05, 0.1) is 12.5 Å². The first-order chi connectivity index (χ1) is 7.20. The predicted molar refractivity (Wildman–Crippen MR) is 67.0 cm³/mol. The third-order valence-electron chi connectivity index (χ3n) is 1.53. The lowest BCUT2D eigenvalue weighted by Gasteiger charge is -1.99. The van der Waals surface area contributed by atoms with Crippen molar-refractivity contribution in [2.75, 3.05) is 0 Å². The zero-order valence-electron chi connectivity index (χ0n) is 9.90. The van der Waals surface area contributed by atoms with Crippen LogP contribution in [0.3, 0.4) is 0 Å². The number of aliphatic hydroxyl groups excluding tert-OH is 2. The number of hydrogen-bond acceptors (Lipinski definition) is 2. The predicted octanol–water partition coefficient (Wildman–Crippen LogP) is 4.44. The van der Waals surface area contributed by atoms with E-state index in [1.54, 1.807) is 12.2 Å². The summed E-state index contributed by atoms with van der Waals surface area (Å²) in [6.07, 6.45) is 8.53. The van der Waals surface area contributed by atoms with Crippen molar-refractivity contribution < 1.29 is 10.2 Å². The van der Waals surface area contributed by atoms with Gasteiger partial charge in [-0.05, 0) is 37.5 Å². The highest BCUT2D eigenvalue weighted by molar-refractivity contribution is 5.23. The molecule has 86 valence electrons. The van der Waals surface area contributed by atoms with Crippen molar-refractivity contribution in [1.82, 2.24) is 0 Å². The van der Waals surface area contributed by atoms with Crippen molar-refractivity contribution in [2.45, 2.75) is 33.6 Å². The van der Waals surface area contributed by atoms with E-state index in [1.165, 1.54) is 6.08 Å². The van der Waals surface area contributed by atoms with Gasteiger partial charge in [-0.15, -0.1) is 6.58 Å². The maximum absolute atomic E-state index is 8.57. The van der Waals surface area contributed by atoms with E-state index in [4.69, 9.17) is 10.2 Å². The standard InChI is InChI=1S/C11H16O2.C2H6/c1-10(2)5-6-11(7-9-13)4-3-8-12;1-2/h3-4,7-9,12-13H,1,5-6H2,2H3;1-2H3/b8-3+,9-7+,11-4-;. The van der Waals surface area contributed by atoms with E-state index in [1.807, 2.05) is 20.8 Å². The Bertz CT molecular complexity index is 235. The first-order valence-corrected chi connectivity index (χ1v) is 5.15. The molecular weight excluding hydrogens is 188 g/mol. The molecule has 0 spiro atoms. The van der Waals surface area contributed by atoms with Crippen LogP contribution in [0.25, 0.3) is 0 Å². The van der Waals surface area contributed by atoms with Crippen LogP contribution in [0, 0.1) is 0 Å². The van der Waals surface area contributed by atoms with Gasteiger partial charge in [-0.3, -0.25) is 0 Å². The minimum absolute atomic E-state index is 0.816. The Balaban J connectivity index is 0. The van der Waals surface area contributed by atoms with Gasteiger partial charge in [0.25, 0.3) is 0 Å². The van der Waals surface area contributed by atoms with E-state index in [2.05, 4.69) is 6.58 Å². The average molecular weight is 210 g/mol. The molecule has 0 saturated heterocycles. The van der Waals surface area contributed by atoms with E-state index in [9.17, 15) is 0 Å². The van der Waals surface area contributed by atoms with Crippen LogP contribution in [0.2, 0.25) is 0 Å². The highest BCUT2D eigenvalue weighted by Gasteiger charge is 1.92. The molecule has 0 aromatic rings. The third kappa shape index (κ3) is 12.6. The molecule has 0 saturated carbocycles. The fraction of sp³-hybridized carbons (Fsp3) is 0.385. The zero-order valence-corrected chi connectivity index (χ0v) is 9.90. The second-order valence-electron chi connectivity index (χ2n) is 2.86. The van der Waals surface area contributed by atoms with E-state index in [-0.39, 0.29) is 0 Å². The van der Waals surface area contributed by atoms with Crippen molar-refractivity contribution in [3.05, 3.63) is 48.5 Å². The molecule has 0 rings (SSSR count). The topological polar surface area (TPSA) is 40.5 Å². The van der Waals surface area contributed by atoms with Gasteiger partial charge in [-0.1, -0.05) is 25.5 Å². The molecule has 0 unspecified atom stereocenters. The smallest absolute Gasteiger partial charge is 0.0794 e. The van der Waals surface area contributed by atoms with Crippen LogP contribution in [0.1, 0.15) is 33.6 Å². The van der Waals surface area contributed by atoms with Crippen molar-refractivity contribution >= 4 is 0 Å². The summed E-state index contributed by atoms with van der Waals surface area (Å²) in [6, 6.07) is 0. The van der Waals surface area contributed by atoms with Gasteiger partial charge in [0.1, 0.15) is 0 Å². The highest BCUT2D eigenvalue weighted by Crippen LogP contribution is 2.11. The van der Waals surface area contributed by atoms with Crippen LogP contribution in [0.4, 0.5) is 0 Å². The molecule has 0 atom stereocenters. The molecule has 0 aliphatic rings. The fourth-order valence-corrected chi connectivity index (χ4v) is 0.842. The molecule has 0 fully saturated rings. The van der Waals surface area contributed by atoms with Crippen LogP contribution >= 0.6 is 0 Å². The van der Waals surface area contributed by atoms with E-state index < -0.39 is 0 Å². The minimum Gasteiger partial charge on any atom is -0.516 e. The Hall–Kier alpha value is -1.44. The summed E-state index contributed by atoms with van der Waals surface area (Å²) >= 11 is 0. The largest absolute Gasteiger partial charge is 0.516 e. The molecule has 0 heterocycles. The zero-order chi connectivity index (χ0) is 12.1. The maximum atomic E-state index is 8.57. The van der Waals surface area contributed by atoms with Crippen molar-refractivity contribution in [3.8, 4) is 0 Å². The van der Waals surface area contributed by atoms with Gasteiger partial charge in [-0.2, -0.15) is 0 Å². The molecule has 0 aliphatic carbocycles. The summed E-state index contributed by atoms with van der Waals surface area (Å²) in [5.74, 6) is 0. The molecule has 0 radical (unpaired) electrons. The van der Waals surface area contributed by atoms with Crippen molar-refractivity contribution in [1.29, 1.82) is 0 Å². The minimum atomic E-state index is 0.816. The SMILES string of the molecule is C=C(C)CCC(=C/C=C/O)/C=C/O.CC. The number of aliphatic hydroxyl groups is 2. The van der Waals surface area contributed by atoms with Crippen LogP contribution in [0.15, 0.2) is 48.5 Å². The number of allylic oxidation sites excluding steroid dienone is 5. The average Bonchev–Trinajstić information content (AvgIpc) is 2.25. The second kappa shape index (κ2) is 12.6. The van der Waals surface area contributed by atoms with Crippen molar-refractivity contribution in [2.24, 2.45) is 0 Å². The maximum Gasteiger partial charge on any atom is 0.0794 e. The lowest BCUT2D eigenvalue weighted by molar-refractivity contribution is 0.472. The van der Waals surface area contributed by atoms with Crippen LogP contribution in [0.5, 0.6) is 0 Å². The Labute approximate surface area is 93.0 Å². The van der Waals surface area contributed by atoms with E-state index >= 15 is 0 Å². The van der Waals surface area contributed by atoms with E-state index in [0.29, 0.717) is 0 Å². The summed E-state index contributed by atoms with van der Waals surface area (Å²) < 4.78 is 0. The molecule has 2 nitrogen and oxygen atoms in total. The summed E-state index contributed by atoms with van der Waals surface area (Å²) in [4.78, 5) is 0. The second-order valence-corrected chi connectivity index (χ2v) is 2.86. The molecule has 2 N–H and O–H groups in total. The van der Waals surface area contributed by atoms with Crippen LogP contribution in [-0.2, 0) is 0 Å². The summed E-state index contributed by atoms with van der Waals surface area (Å²) in [7, 11) is 0. The van der Waals surface area contributed by atoms with Gasteiger partial charge < -0.3 is 10.2 Å². The first-order valence-electron chi connectivity index (χ1n) is 5.15. The monoisotopic (exact) mass is 210 g/mol. The normalized spacial score (nSPS) is 11.5. The number of hydrogen-bond donors (Lipinski definition) is 2.